The number of hydrogen-bond donors (Lipinski definition) is 2. The second-order valence-corrected chi connectivity index (χ2v) is 7.14. The van der Waals surface area contributed by atoms with E-state index in [-0.39, 0.29) is 11.8 Å². The van der Waals surface area contributed by atoms with Gasteiger partial charge in [0.05, 0.1) is 5.92 Å². The van der Waals surface area contributed by atoms with E-state index < -0.39 is 0 Å². The molecule has 3 fully saturated rings. The Morgan fingerprint density at radius 2 is 1.86 bits per heavy atom. The van der Waals surface area contributed by atoms with Gasteiger partial charge < -0.3 is 11.1 Å². The number of fused-ring (bicyclic) bond motifs is 5. The van der Waals surface area contributed by atoms with E-state index in [1.165, 1.54) is 24.8 Å². The molecule has 2 bridgehead atoms. The van der Waals surface area contributed by atoms with Crippen molar-refractivity contribution in [1.29, 1.82) is 0 Å². The van der Waals surface area contributed by atoms with Gasteiger partial charge in [0.1, 0.15) is 0 Å². The van der Waals surface area contributed by atoms with Gasteiger partial charge in [-0.2, -0.15) is 0 Å². The number of carbonyl (C=O) groups excluding carboxylic acids is 1. The van der Waals surface area contributed by atoms with Crippen molar-refractivity contribution in [2.24, 2.45) is 35.3 Å². The van der Waals surface area contributed by atoms with E-state index in [4.69, 9.17) is 5.73 Å². The lowest BCUT2D eigenvalue weighted by molar-refractivity contribution is -0.125. The van der Waals surface area contributed by atoms with Crippen molar-refractivity contribution < 1.29 is 4.79 Å². The maximum Gasteiger partial charge on any atom is 0.224 e. The number of nitrogens with one attached hydrogen (secondary N) is 1. The summed E-state index contributed by atoms with van der Waals surface area (Å²) in [7, 11) is 0. The van der Waals surface area contributed by atoms with Gasteiger partial charge in [0.25, 0.3) is 0 Å². The SMILES string of the molecule is NCC(Cc1ccccc1)C(=O)NC1C2C3CCC(C3)C12. The molecule has 21 heavy (non-hydrogen) atoms. The average Bonchev–Trinajstić information content (AvgIpc) is 2.90. The van der Waals surface area contributed by atoms with Crippen molar-refractivity contribution in [3.8, 4) is 0 Å². The summed E-state index contributed by atoms with van der Waals surface area (Å²) >= 11 is 0. The van der Waals surface area contributed by atoms with Gasteiger partial charge in [-0.25, -0.2) is 0 Å². The molecule has 3 nitrogen and oxygen atoms in total. The van der Waals surface area contributed by atoms with Crippen LogP contribution in [-0.4, -0.2) is 18.5 Å². The molecule has 0 aliphatic heterocycles. The molecule has 0 heterocycles. The lowest BCUT2D eigenvalue weighted by Crippen LogP contribution is -2.39. The first-order chi connectivity index (χ1) is 10.3. The quantitative estimate of drug-likeness (QED) is 0.868. The van der Waals surface area contributed by atoms with Crippen molar-refractivity contribution in [1.82, 2.24) is 5.32 Å². The Balaban J connectivity index is 1.36. The van der Waals surface area contributed by atoms with Gasteiger partial charge >= 0.3 is 0 Å². The topological polar surface area (TPSA) is 55.1 Å². The number of benzene rings is 1. The van der Waals surface area contributed by atoms with Gasteiger partial charge in [0.2, 0.25) is 5.91 Å². The lowest BCUT2D eigenvalue weighted by Gasteiger charge is -2.17. The smallest absolute Gasteiger partial charge is 0.224 e. The molecule has 0 aromatic heterocycles. The maximum atomic E-state index is 12.5. The molecule has 0 radical (unpaired) electrons. The molecule has 3 saturated carbocycles. The number of amides is 1. The molecule has 5 unspecified atom stereocenters. The fourth-order valence-electron chi connectivity index (χ4n) is 4.98. The Morgan fingerprint density at radius 3 is 2.48 bits per heavy atom. The van der Waals surface area contributed by atoms with Gasteiger partial charge in [-0.1, -0.05) is 30.3 Å². The van der Waals surface area contributed by atoms with Gasteiger partial charge in [-0.3, -0.25) is 4.79 Å². The zero-order valence-electron chi connectivity index (χ0n) is 12.4. The monoisotopic (exact) mass is 284 g/mol. The number of nitrogens with two attached hydrogens (primary N) is 1. The van der Waals surface area contributed by atoms with Crippen molar-refractivity contribution in [2.45, 2.75) is 31.7 Å². The first-order valence-electron chi connectivity index (χ1n) is 8.32. The number of hydrogen-bond acceptors (Lipinski definition) is 2. The zero-order valence-corrected chi connectivity index (χ0v) is 12.4. The standard InChI is InChI=1S/C18H24N2O/c19-10-14(8-11-4-2-1-3-5-11)18(21)20-17-15-12-6-7-13(9-12)16(15)17/h1-5,12-17H,6-10,19H2,(H,20,21). The zero-order chi connectivity index (χ0) is 14.4. The maximum absolute atomic E-state index is 12.5. The summed E-state index contributed by atoms with van der Waals surface area (Å²) in [4.78, 5) is 12.5. The van der Waals surface area contributed by atoms with Crippen LogP contribution in [0.3, 0.4) is 0 Å². The molecule has 3 aliphatic rings. The fraction of sp³-hybridized carbons (Fsp3) is 0.611. The molecule has 3 aliphatic carbocycles. The van der Waals surface area contributed by atoms with Crippen molar-refractivity contribution in [3.05, 3.63) is 35.9 Å². The molecular formula is C18H24N2O. The van der Waals surface area contributed by atoms with Crippen LogP contribution < -0.4 is 11.1 Å². The summed E-state index contributed by atoms with van der Waals surface area (Å²) in [6.07, 6.45) is 4.95. The largest absolute Gasteiger partial charge is 0.352 e. The summed E-state index contributed by atoms with van der Waals surface area (Å²) < 4.78 is 0. The first kappa shape index (κ1) is 13.3. The summed E-state index contributed by atoms with van der Waals surface area (Å²) in [5.74, 6) is 3.46. The lowest BCUT2D eigenvalue weighted by atomic mass is 9.98. The third-order valence-corrected chi connectivity index (χ3v) is 6.02. The highest BCUT2D eigenvalue weighted by molar-refractivity contribution is 5.80. The van der Waals surface area contributed by atoms with E-state index in [0.717, 1.165) is 30.1 Å². The second kappa shape index (κ2) is 5.13. The van der Waals surface area contributed by atoms with Gasteiger partial charge in [0, 0.05) is 12.6 Å². The minimum absolute atomic E-state index is 0.0913. The second-order valence-electron chi connectivity index (χ2n) is 7.14. The third-order valence-electron chi connectivity index (χ3n) is 6.02. The molecule has 0 saturated heterocycles. The Labute approximate surface area is 126 Å². The van der Waals surface area contributed by atoms with E-state index in [0.29, 0.717) is 12.6 Å². The Hall–Kier alpha value is -1.35. The minimum Gasteiger partial charge on any atom is -0.352 e. The third kappa shape index (κ3) is 2.28. The highest BCUT2D eigenvalue weighted by Gasteiger charge is 2.65. The average molecular weight is 284 g/mol. The van der Waals surface area contributed by atoms with Gasteiger partial charge in [-0.05, 0) is 54.9 Å². The van der Waals surface area contributed by atoms with Crippen LogP contribution in [0.25, 0.3) is 0 Å². The Kier molecular flexibility index (Phi) is 3.26. The van der Waals surface area contributed by atoms with Crippen LogP contribution in [0.15, 0.2) is 30.3 Å². The Morgan fingerprint density at radius 1 is 1.19 bits per heavy atom. The van der Waals surface area contributed by atoms with Crippen LogP contribution in [-0.2, 0) is 11.2 Å². The van der Waals surface area contributed by atoms with E-state index in [2.05, 4.69) is 17.4 Å². The number of rotatable bonds is 5. The fourth-order valence-corrected chi connectivity index (χ4v) is 4.98. The highest BCUT2D eigenvalue weighted by Crippen LogP contribution is 2.65. The summed E-state index contributed by atoms with van der Waals surface area (Å²) in [5, 5.41) is 3.31. The molecule has 5 atom stereocenters. The van der Waals surface area contributed by atoms with Crippen molar-refractivity contribution in [2.75, 3.05) is 6.54 Å². The van der Waals surface area contributed by atoms with Gasteiger partial charge in [-0.15, -0.1) is 0 Å². The molecule has 0 spiro atoms. The molecule has 112 valence electrons. The predicted molar refractivity (Wildman–Crippen MR) is 82.4 cm³/mol. The molecular weight excluding hydrogens is 260 g/mol. The molecule has 1 amide bonds. The number of carbonyl (C=O) groups is 1. The van der Waals surface area contributed by atoms with E-state index in [1.54, 1.807) is 0 Å². The van der Waals surface area contributed by atoms with E-state index in [9.17, 15) is 4.79 Å². The highest BCUT2D eigenvalue weighted by atomic mass is 16.2. The van der Waals surface area contributed by atoms with Crippen LogP contribution in [0.2, 0.25) is 0 Å². The van der Waals surface area contributed by atoms with Crippen molar-refractivity contribution in [3.63, 3.8) is 0 Å². The molecule has 3 N–H and O–H groups in total. The van der Waals surface area contributed by atoms with Crippen LogP contribution in [0.4, 0.5) is 0 Å². The molecule has 1 aromatic carbocycles. The summed E-state index contributed by atoms with van der Waals surface area (Å²) in [6, 6.07) is 10.6. The normalized spacial score (nSPS) is 37.1. The van der Waals surface area contributed by atoms with Crippen LogP contribution >= 0.6 is 0 Å². The van der Waals surface area contributed by atoms with Crippen molar-refractivity contribution >= 4 is 5.91 Å². The van der Waals surface area contributed by atoms with Crippen LogP contribution in [0.1, 0.15) is 24.8 Å². The van der Waals surface area contributed by atoms with E-state index >= 15 is 0 Å². The van der Waals surface area contributed by atoms with E-state index in [1.807, 2.05) is 18.2 Å². The predicted octanol–water partition coefficient (Wildman–Crippen LogP) is 1.96. The molecule has 3 heteroatoms. The van der Waals surface area contributed by atoms with Crippen LogP contribution in [0.5, 0.6) is 0 Å². The molecule has 1 aromatic rings. The Bertz CT molecular complexity index is 513. The summed E-state index contributed by atoms with van der Waals surface area (Å²) in [5.41, 5.74) is 7.03. The van der Waals surface area contributed by atoms with Crippen LogP contribution in [0, 0.1) is 29.6 Å². The first-order valence-corrected chi connectivity index (χ1v) is 8.32. The minimum atomic E-state index is -0.0913. The summed E-state index contributed by atoms with van der Waals surface area (Å²) in [6.45, 7) is 0.426. The van der Waals surface area contributed by atoms with Gasteiger partial charge in [0.15, 0.2) is 0 Å². The molecule has 4 rings (SSSR count).